The van der Waals surface area contributed by atoms with Crippen LogP contribution in [0.5, 0.6) is 0 Å². The molecule has 0 aliphatic rings. The number of amides is 1. The second-order valence-electron chi connectivity index (χ2n) is 6.83. The van der Waals surface area contributed by atoms with Gasteiger partial charge in [-0.25, -0.2) is 0 Å². The summed E-state index contributed by atoms with van der Waals surface area (Å²) in [6.45, 7) is 0.175. The molecule has 0 spiro atoms. The first kappa shape index (κ1) is 20.9. The molecule has 0 bridgehead atoms. The third kappa shape index (κ3) is 4.54. The van der Waals surface area contributed by atoms with Crippen LogP contribution in [0.2, 0.25) is 5.02 Å². The van der Waals surface area contributed by atoms with Crippen molar-refractivity contribution in [2.24, 2.45) is 0 Å². The van der Waals surface area contributed by atoms with Gasteiger partial charge in [-0.15, -0.1) is 10.2 Å². The summed E-state index contributed by atoms with van der Waals surface area (Å²) in [5.41, 5.74) is 1.23. The molecule has 0 fully saturated rings. The fraction of sp³-hybridized carbons (Fsp3) is 0.136. The Bertz CT molecular complexity index is 1220. The van der Waals surface area contributed by atoms with Crippen LogP contribution in [0.4, 0.5) is 13.2 Å². The van der Waals surface area contributed by atoms with Crippen molar-refractivity contribution in [1.29, 1.82) is 0 Å². The first-order valence-corrected chi connectivity index (χ1v) is 9.75. The van der Waals surface area contributed by atoms with Gasteiger partial charge in [0.1, 0.15) is 11.4 Å². The van der Waals surface area contributed by atoms with E-state index in [2.05, 4.69) is 15.5 Å². The largest absolute Gasteiger partial charge is 0.420 e. The molecule has 2 aromatic heterocycles. The molecule has 9 heteroatoms. The topological polar surface area (TPSA) is 59.3 Å². The van der Waals surface area contributed by atoms with E-state index in [4.69, 9.17) is 11.6 Å². The van der Waals surface area contributed by atoms with Gasteiger partial charge >= 0.3 is 6.18 Å². The molecule has 2 aromatic carbocycles. The average Bonchev–Trinajstić information content (AvgIpc) is 3.15. The molecular weight excluding hydrogens is 429 g/mol. The molecular formula is C22H16ClF3N4O. The number of carbonyl (C=O) groups is 1. The van der Waals surface area contributed by atoms with Crippen LogP contribution in [0.3, 0.4) is 0 Å². The van der Waals surface area contributed by atoms with Gasteiger partial charge in [0.15, 0.2) is 5.65 Å². The standard InChI is InChI=1S/C22H16ClF3N4O/c23-17-12-18(22(24,25)26)20-29-28-19(30(20)13-17)10-11-27-21(31)16-8-6-15(7-9-16)14-4-2-1-3-5-14/h1-9,12-13H,10-11H2,(H,27,31). The summed E-state index contributed by atoms with van der Waals surface area (Å²) < 4.78 is 40.8. The second kappa shape index (κ2) is 8.39. The number of hydrogen-bond acceptors (Lipinski definition) is 3. The van der Waals surface area contributed by atoms with Gasteiger partial charge in [-0.3, -0.25) is 9.20 Å². The summed E-state index contributed by atoms with van der Waals surface area (Å²) in [5, 5.41) is 10.1. The second-order valence-corrected chi connectivity index (χ2v) is 7.27. The summed E-state index contributed by atoms with van der Waals surface area (Å²) in [4.78, 5) is 12.4. The Morgan fingerprint density at radius 3 is 2.35 bits per heavy atom. The van der Waals surface area contributed by atoms with Crippen LogP contribution in [-0.4, -0.2) is 27.0 Å². The minimum Gasteiger partial charge on any atom is -0.352 e. The summed E-state index contributed by atoms with van der Waals surface area (Å²) in [5.74, 6) is -0.0230. The average molecular weight is 445 g/mol. The maximum Gasteiger partial charge on any atom is 0.420 e. The minimum atomic E-state index is -4.60. The van der Waals surface area contributed by atoms with E-state index < -0.39 is 11.7 Å². The van der Waals surface area contributed by atoms with E-state index in [1.165, 1.54) is 10.6 Å². The molecule has 1 amide bonds. The normalized spacial score (nSPS) is 11.6. The van der Waals surface area contributed by atoms with E-state index in [9.17, 15) is 18.0 Å². The molecule has 4 rings (SSSR count). The highest BCUT2D eigenvalue weighted by atomic mass is 35.5. The number of fused-ring (bicyclic) bond motifs is 1. The Kier molecular flexibility index (Phi) is 5.65. The molecule has 158 valence electrons. The smallest absolute Gasteiger partial charge is 0.352 e. The van der Waals surface area contributed by atoms with Gasteiger partial charge < -0.3 is 5.32 Å². The third-order valence-electron chi connectivity index (χ3n) is 4.74. The number of pyridine rings is 1. The van der Waals surface area contributed by atoms with E-state index in [1.807, 2.05) is 42.5 Å². The van der Waals surface area contributed by atoms with Crippen LogP contribution in [0.1, 0.15) is 21.7 Å². The van der Waals surface area contributed by atoms with Gasteiger partial charge in [-0.2, -0.15) is 13.2 Å². The summed E-state index contributed by atoms with van der Waals surface area (Å²) >= 11 is 5.83. The van der Waals surface area contributed by atoms with Crippen molar-refractivity contribution in [3.05, 3.63) is 88.8 Å². The Balaban J connectivity index is 1.43. The van der Waals surface area contributed by atoms with Crippen molar-refractivity contribution in [1.82, 2.24) is 19.9 Å². The lowest BCUT2D eigenvalue weighted by Gasteiger charge is -2.09. The number of aromatic nitrogens is 3. The highest BCUT2D eigenvalue weighted by Crippen LogP contribution is 2.33. The summed E-state index contributed by atoms with van der Waals surface area (Å²) in [6, 6.07) is 17.7. The number of nitrogens with zero attached hydrogens (tertiary/aromatic N) is 3. The maximum atomic E-state index is 13.2. The monoisotopic (exact) mass is 444 g/mol. The van der Waals surface area contributed by atoms with E-state index >= 15 is 0 Å². The van der Waals surface area contributed by atoms with E-state index in [0.717, 1.165) is 17.2 Å². The molecule has 0 saturated carbocycles. The minimum absolute atomic E-state index is 0.0802. The molecule has 31 heavy (non-hydrogen) atoms. The number of benzene rings is 2. The Labute approximate surface area is 180 Å². The molecule has 0 radical (unpaired) electrons. The Morgan fingerprint density at radius 2 is 1.68 bits per heavy atom. The van der Waals surface area contributed by atoms with Crippen LogP contribution in [0.25, 0.3) is 16.8 Å². The zero-order valence-corrected chi connectivity index (χ0v) is 16.8. The van der Waals surface area contributed by atoms with Crippen molar-refractivity contribution in [3.63, 3.8) is 0 Å². The number of carbonyl (C=O) groups excluding carboxylic acids is 1. The highest BCUT2D eigenvalue weighted by Gasteiger charge is 2.35. The lowest BCUT2D eigenvalue weighted by Crippen LogP contribution is -2.26. The molecule has 0 aliphatic carbocycles. The van der Waals surface area contributed by atoms with Crippen LogP contribution >= 0.6 is 11.6 Å². The summed E-state index contributed by atoms with van der Waals surface area (Å²) in [6.07, 6.45) is -3.09. The lowest BCUT2D eigenvalue weighted by atomic mass is 10.0. The predicted molar refractivity (Wildman–Crippen MR) is 111 cm³/mol. The van der Waals surface area contributed by atoms with Gasteiger partial charge in [0.05, 0.1) is 5.02 Å². The number of halogens is 4. The highest BCUT2D eigenvalue weighted by molar-refractivity contribution is 6.30. The zero-order chi connectivity index (χ0) is 22.0. The summed E-state index contributed by atoms with van der Waals surface area (Å²) in [7, 11) is 0. The lowest BCUT2D eigenvalue weighted by molar-refractivity contribution is -0.136. The van der Waals surface area contributed by atoms with E-state index in [0.29, 0.717) is 5.56 Å². The van der Waals surface area contributed by atoms with Crippen LogP contribution in [0.15, 0.2) is 66.9 Å². The van der Waals surface area contributed by atoms with Crippen molar-refractivity contribution in [2.75, 3.05) is 6.54 Å². The first-order chi connectivity index (χ1) is 14.8. The zero-order valence-electron chi connectivity index (χ0n) is 16.0. The number of rotatable bonds is 5. The molecule has 0 saturated heterocycles. The molecule has 2 heterocycles. The van der Waals surface area contributed by atoms with Gasteiger partial charge in [0.2, 0.25) is 0 Å². The fourth-order valence-corrected chi connectivity index (χ4v) is 3.43. The molecule has 0 atom stereocenters. The molecule has 0 aliphatic heterocycles. The van der Waals surface area contributed by atoms with Gasteiger partial charge in [-0.05, 0) is 29.3 Å². The third-order valence-corrected chi connectivity index (χ3v) is 4.94. The van der Waals surface area contributed by atoms with Crippen molar-refractivity contribution < 1.29 is 18.0 Å². The van der Waals surface area contributed by atoms with Gasteiger partial charge in [0.25, 0.3) is 5.91 Å². The van der Waals surface area contributed by atoms with Crippen molar-refractivity contribution in [3.8, 4) is 11.1 Å². The van der Waals surface area contributed by atoms with Crippen LogP contribution in [0, 0.1) is 0 Å². The molecule has 4 aromatic rings. The molecule has 0 unspecified atom stereocenters. The molecule has 1 N–H and O–H groups in total. The predicted octanol–water partition coefficient (Wildman–Crippen LogP) is 5.04. The maximum absolute atomic E-state index is 13.2. The van der Waals surface area contributed by atoms with E-state index in [1.54, 1.807) is 12.1 Å². The number of alkyl halides is 3. The number of hydrogen-bond donors (Lipinski definition) is 1. The van der Waals surface area contributed by atoms with Crippen LogP contribution in [-0.2, 0) is 12.6 Å². The van der Waals surface area contributed by atoms with E-state index in [-0.39, 0.29) is 35.4 Å². The molecule has 5 nitrogen and oxygen atoms in total. The van der Waals surface area contributed by atoms with Gasteiger partial charge in [0, 0.05) is 24.7 Å². The van der Waals surface area contributed by atoms with Gasteiger partial charge in [-0.1, -0.05) is 54.1 Å². The Morgan fingerprint density at radius 1 is 1.00 bits per heavy atom. The van der Waals surface area contributed by atoms with Crippen LogP contribution < -0.4 is 5.32 Å². The Hall–Kier alpha value is -3.39. The fourth-order valence-electron chi connectivity index (χ4n) is 3.22. The van der Waals surface area contributed by atoms with Crippen molar-refractivity contribution >= 4 is 23.2 Å². The SMILES string of the molecule is O=C(NCCc1nnc2c(C(F)(F)F)cc(Cl)cn12)c1ccc(-c2ccccc2)cc1. The van der Waals surface area contributed by atoms with Crippen molar-refractivity contribution in [2.45, 2.75) is 12.6 Å². The first-order valence-electron chi connectivity index (χ1n) is 9.37. The number of nitrogens with one attached hydrogen (secondary N) is 1. The quantitative estimate of drug-likeness (QED) is 0.469.